The van der Waals surface area contributed by atoms with Gasteiger partial charge in [0.1, 0.15) is 4.21 Å². The van der Waals surface area contributed by atoms with Gasteiger partial charge in [-0.2, -0.15) is 0 Å². The van der Waals surface area contributed by atoms with Crippen molar-refractivity contribution in [1.29, 1.82) is 0 Å². The first kappa shape index (κ1) is 16.3. The lowest BCUT2D eigenvalue weighted by Gasteiger charge is -2.10. The van der Waals surface area contributed by atoms with Crippen molar-refractivity contribution < 1.29 is 22.7 Å². The molecule has 0 radical (unpaired) electrons. The van der Waals surface area contributed by atoms with Gasteiger partial charge in [-0.3, -0.25) is 10.2 Å². The van der Waals surface area contributed by atoms with Crippen molar-refractivity contribution in [2.75, 3.05) is 14.2 Å². The Hall–Kier alpha value is -2.10. The number of benzene rings is 1. The maximum atomic E-state index is 12.0. The molecule has 1 aromatic heterocycles. The molecule has 0 bridgehead atoms. The highest BCUT2D eigenvalue weighted by atomic mass is 32.2. The fourth-order valence-corrected chi connectivity index (χ4v) is 3.46. The smallest absolute Gasteiger partial charge is 0.266 e. The number of carbonyl (C=O) groups excluding carboxylic acids is 1. The standard InChI is InChI=1S/C13H14N2O5S2/c1-19-10-6-5-9(8-11(10)20-2)13(16)14-15-22(17,18)12-4-3-7-21-12/h3-8,15H,1-2H3,(H,14,16). The molecule has 2 aromatic rings. The van der Waals surface area contributed by atoms with Gasteiger partial charge in [0, 0.05) is 5.56 Å². The van der Waals surface area contributed by atoms with Crippen LogP contribution in [-0.4, -0.2) is 28.5 Å². The topological polar surface area (TPSA) is 93.7 Å². The Morgan fingerprint density at radius 1 is 1.14 bits per heavy atom. The lowest BCUT2D eigenvalue weighted by atomic mass is 10.2. The number of nitrogens with one attached hydrogen (secondary N) is 2. The number of hydrazine groups is 1. The molecule has 1 aromatic carbocycles. The zero-order chi connectivity index (χ0) is 16.2. The van der Waals surface area contributed by atoms with E-state index in [1.807, 2.05) is 4.83 Å². The molecule has 0 fully saturated rings. The van der Waals surface area contributed by atoms with Crippen molar-refractivity contribution >= 4 is 27.3 Å². The molecule has 2 N–H and O–H groups in total. The van der Waals surface area contributed by atoms with Crippen LogP contribution < -0.4 is 19.7 Å². The summed E-state index contributed by atoms with van der Waals surface area (Å²) in [5.41, 5.74) is 2.38. The average molecular weight is 342 g/mol. The molecule has 1 amide bonds. The van der Waals surface area contributed by atoms with E-state index in [2.05, 4.69) is 5.43 Å². The van der Waals surface area contributed by atoms with Gasteiger partial charge in [0.25, 0.3) is 15.9 Å². The van der Waals surface area contributed by atoms with Crippen molar-refractivity contribution in [1.82, 2.24) is 10.3 Å². The molecule has 0 atom stereocenters. The highest BCUT2D eigenvalue weighted by Crippen LogP contribution is 2.27. The number of thiophene rings is 1. The van der Waals surface area contributed by atoms with Gasteiger partial charge in [-0.25, -0.2) is 8.42 Å². The van der Waals surface area contributed by atoms with Crippen LogP contribution in [0, 0.1) is 0 Å². The summed E-state index contributed by atoms with van der Waals surface area (Å²) < 4.78 is 34.1. The molecule has 0 aliphatic rings. The fraction of sp³-hybridized carbons (Fsp3) is 0.154. The molecule has 0 saturated carbocycles. The normalized spacial score (nSPS) is 11.0. The fourth-order valence-electron chi connectivity index (χ4n) is 1.63. The number of carbonyl (C=O) groups is 1. The van der Waals surface area contributed by atoms with Crippen molar-refractivity contribution in [3.63, 3.8) is 0 Å². The number of amides is 1. The Morgan fingerprint density at radius 2 is 1.86 bits per heavy atom. The monoisotopic (exact) mass is 342 g/mol. The maximum Gasteiger partial charge on any atom is 0.266 e. The molecule has 9 heteroatoms. The first-order chi connectivity index (χ1) is 10.5. The molecule has 0 aliphatic heterocycles. The number of hydrogen-bond acceptors (Lipinski definition) is 6. The van der Waals surface area contributed by atoms with E-state index < -0.39 is 15.9 Å². The van der Waals surface area contributed by atoms with Gasteiger partial charge in [-0.15, -0.1) is 16.2 Å². The summed E-state index contributed by atoms with van der Waals surface area (Å²) in [5, 5.41) is 1.63. The Bertz CT molecular complexity index is 757. The Labute approximate surface area is 131 Å². The summed E-state index contributed by atoms with van der Waals surface area (Å²) in [6.07, 6.45) is 0. The molecule has 0 unspecified atom stereocenters. The molecule has 1 heterocycles. The van der Waals surface area contributed by atoms with Crippen LogP contribution in [0.2, 0.25) is 0 Å². The second-order valence-corrected chi connectivity index (χ2v) is 6.92. The van der Waals surface area contributed by atoms with Gasteiger partial charge in [0.05, 0.1) is 14.2 Å². The van der Waals surface area contributed by atoms with Gasteiger partial charge in [0.2, 0.25) is 0 Å². The third-order valence-corrected chi connectivity index (χ3v) is 5.35. The van der Waals surface area contributed by atoms with Crippen LogP contribution in [0.4, 0.5) is 0 Å². The summed E-state index contributed by atoms with van der Waals surface area (Å²) in [6, 6.07) is 7.55. The molecule has 0 saturated heterocycles. The molecule has 118 valence electrons. The van der Waals surface area contributed by atoms with Crippen molar-refractivity contribution in [3.05, 3.63) is 41.3 Å². The summed E-state index contributed by atoms with van der Waals surface area (Å²) in [4.78, 5) is 14.0. The Balaban J connectivity index is 2.10. The van der Waals surface area contributed by atoms with E-state index in [0.717, 1.165) is 11.3 Å². The van der Waals surface area contributed by atoms with Crippen LogP contribution in [0.25, 0.3) is 0 Å². The van der Waals surface area contributed by atoms with Crippen molar-refractivity contribution in [2.45, 2.75) is 4.21 Å². The molecule has 0 aliphatic carbocycles. The van der Waals surface area contributed by atoms with Crippen LogP contribution in [0.15, 0.2) is 39.9 Å². The van der Waals surface area contributed by atoms with E-state index in [9.17, 15) is 13.2 Å². The van der Waals surface area contributed by atoms with Crippen molar-refractivity contribution in [2.24, 2.45) is 0 Å². The minimum Gasteiger partial charge on any atom is -0.493 e. The Morgan fingerprint density at radius 3 is 2.45 bits per heavy atom. The summed E-state index contributed by atoms with van der Waals surface area (Å²) in [5.74, 6) is 0.232. The number of hydrogen-bond donors (Lipinski definition) is 2. The first-order valence-electron chi connectivity index (χ1n) is 6.05. The number of rotatable bonds is 6. The van der Waals surface area contributed by atoms with Gasteiger partial charge in [-0.1, -0.05) is 6.07 Å². The molecule has 2 rings (SSSR count). The third-order valence-electron chi connectivity index (χ3n) is 2.70. The van der Waals surface area contributed by atoms with E-state index in [-0.39, 0.29) is 9.77 Å². The van der Waals surface area contributed by atoms with Gasteiger partial charge in [0.15, 0.2) is 11.5 Å². The molecule has 7 nitrogen and oxygen atoms in total. The number of sulfonamides is 1. The van der Waals surface area contributed by atoms with E-state index in [1.54, 1.807) is 17.5 Å². The van der Waals surface area contributed by atoms with Crippen LogP contribution in [0.5, 0.6) is 11.5 Å². The maximum absolute atomic E-state index is 12.0. The minimum atomic E-state index is -3.77. The molecular formula is C13H14N2O5S2. The summed E-state index contributed by atoms with van der Waals surface area (Å²) in [7, 11) is -0.845. The highest BCUT2D eigenvalue weighted by Gasteiger charge is 2.17. The molecular weight excluding hydrogens is 328 g/mol. The third kappa shape index (κ3) is 3.56. The lowest BCUT2D eigenvalue weighted by molar-refractivity contribution is 0.0944. The van der Waals surface area contributed by atoms with Crippen LogP contribution in [0.1, 0.15) is 10.4 Å². The first-order valence-corrected chi connectivity index (χ1v) is 8.42. The zero-order valence-corrected chi connectivity index (χ0v) is 13.5. The minimum absolute atomic E-state index is 0.111. The quantitative estimate of drug-likeness (QED) is 0.774. The van der Waals surface area contributed by atoms with E-state index in [0.29, 0.717) is 11.5 Å². The predicted molar refractivity (Wildman–Crippen MR) is 81.7 cm³/mol. The number of methoxy groups -OCH3 is 2. The second-order valence-electron chi connectivity index (χ2n) is 4.06. The summed E-state index contributed by atoms with van der Waals surface area (Å²) >= 11 is 1.05. The largest absolute Gasteiger partial charge is 0.493 e. The second kappa shape index (κ2) is 6.77. The predicted octanol–water partition coefficient (Wildman–Crippen LogP) is 1.39. The van der Waals surface area contributed by atoms with Crippen LogP contribution in [0.3, 0.4) is 0 Å². The van der Waals surface area contributed by atoms with Gasteiger partial charge in [-0.05, 0) is 29.6 Å². The average Bonchev–Trinajstić information content (AvgIpc) is 3.07. The molecule has 0 spiro atoms. The van der Waals surface area contributed by atoms with Crippen LogP contribution in [-0.2, 0) is 10.0 Å². The van der Waals surface area contributed by atoms with Gasteiger partial charge < -0.3 is 9.47 Å². The lowest BCUT2D eigenvalue weighted by Crippen LogP contribution is -2.41. The number of ether oxygens (including phenoxy) is 2. The zero-order valence-electron chi connectivity index (χ0n) is 11.8. The van der Waals surface area contributed by atoms with E-state index >= 15 is 0 Å². The van der Waals surface area contributed by atoms with Crippen LogP contribution >= 0.6 is 11.3 Å². The molecule has 22 heavy (non-hydrogen) atoms. The van der Waals surface area contributed by atoms with E-state index in [4.69, 9.17) is 9.47 Å². The Kier molecular flexibility index (Phi) is 5.01. The SMILES string of the molecule is COc1ccc(C(=O)NNS(=O)(=O)c2cccs2)cc1OC. The highest BCUT2D eigenvalue weighted by molar-refractivity contribution is 7.91. The summed E-state index contributed by atoms with van der Waals surface area (Å²) in [6.45, 7) is 0. The van der Waals surface area contributed by atoms with Crippen molar-refractivity contribution in [3.8, 4) is 11.5 Å². The van der Waals surface area contributed by atoms with Gasteiger partial charge >= 0.3 is 0 Å². The van der Waals surface area contributed by atoms with E-state index in [1.165, 1.54) is 32.4 Å².